The number of nitrogens with zero attached hydrogens (tertiary/aromatic N) is 1. The quantitative estimate of drug-likeness (QED) is 0.636. The summed E-state index contributed by atoms with van der Waals surface area (Å²) >= 11 is 0. The lowest BCUT2D eigenvalue weighted by atomic mass is 9.83. The molecule has 3 atom stereocenters. The van der Waals surface area contributed by atoms with Crippen molar-refractivity contribution in [2.75, 3.05) is 19.5 Å². The van der Waals surface area contributed by atoms with Crippen molar-refractivity contribution in [2.45, 2.75) is 37.8 Å². The largest absolute Gasteiger partial charge is 0.497 e. The van der Waals surface area contributed by atoms with Crippen molar-refractivity contribution in [2.24, 2.45) is 10.9 Å². The molecule has 0 radical (unpaired) electrons. The molecule has 2 aromatic carbocycles. The van der Waals surface area contributed by atoms with Crippen molar-refractivity contribution in [3.63, 3.8) is 0 Å². The maximum absolute atomic E-state index is 13.4. The molecule has 0 spiro atoms. The number of nitrogens with one attached hydrogen (secondary N) is 1. The van der Waals surface area contributed by atoms with Crippen LogP contribution in [0.4, 0.5) is 10.1 Å². The Bertz CT molecular complexity index is 1030. The van der Waals surface area contributed by atoms with E-state index in [0.29, 0.717) is 11.6 Å². The van der Waals surface area contributed by atoms with Crippen molar-refractivity contribution < 1.29 is 19.0 Å². The van der Waals surface area contributed by atoms with Crippen LogP contribution in [0, 0.1) is 11.7 Å². The molecule has 3 unspecified atom stereocenters. The third-order valence-corrected chi connectivity index (χ3v) is 6.10. The Morgan fingerprint density at radius 3 is 2.66 bits per heavy atom. The molecule has 0 fully saturated rings. The van der Waals surface area contributed by atoms with Gasteiger partial charge in [0.15, 0.2) is 0 Å². The summed E-state index contributed by atoms with van der Waals surface area (Å²) in [4.78, 5) is 5.03. The Kier molecular flexibility index (Phi) is 6.90. The predicted molar refractivity (Wildman–Crippen MR) is 124 cm³/mol. The van der Waals surface area contributed by atoms with E-state index in [1.807, 2.05) is 24.3 Å². The van der Waals surface area contributed by atoms with Gasteiger partial charge < -0.3 is 19.9 Å². The number of amidine groups is 1. The molecule has 0 saturated carbocycles. The number of rotatable bonds is 6. The predicted octanol–water partition coefficient (Wildman–Crippen LogP) is 5.41. The minimum Gasteiger partial charge on any atom is -0.497 e. The Morgan fingerprint density at radius 2 is 1.91 bits per heavy atom. The molecule has 0 amide bonds. The van der Waals surface area contributed by atoms with E-state index in [2.05, 4.69) is 17.5 Å². The summed E-state index contributed by atoms with van der Waals surface area (Å²) in [5.41, 5.74) is 2.75. The van der Waals surface area contributed by atoms with E-state index >= 15 is 0 Å². The zero-order chi connectivity index (χ0) is 22.5. The molecule has 32 heavy (non-hydrogen) atoms. The SMILES string of the molecule is COC1=CCCC(C2CCC(C(O)c3cccc(OC)c3)C(Nc3ccc(F)cc3)=N2)=C1. The highest BCUT2D eigenvalue weighted by atomic mass is 19.1. The minimum absolute atomic E-state index is 0.0190. The van der Waals surface area contributed by atoms with Crippen LogP contribution in [-0.4, -0.2) is 31.2 Å². The van der Waals surface area contributed by atoms with Crippen molar-refractivity contribution >= 4 is 11.5 Å². The third kappa shape index (κ3) is 5.02. The Morgan fingerprint density at radius 1 is 1.09 bits per heavy atom. The second-order valence-electron chi connectivity index (χ2n) is 8.14. The summed E-state index contributed by atoms with van der Waals surface area (Å²) in [5, 5.41) is 14.6. The molecule has 0 aromatic heterocycles. The number of hydrogen-bond donors (Lipinski definition) is 2. The van der Waals surface area contributed by atoms with E-state index in [-0.39, 0.29) is 17.8 Å². The molecular weight excluding hydrogens is 407 g/mol. The summed E-state index contributed by atoms with van der Waals surface area (Å²) < 4.78 is 24.1. The number of halogens is 1. The summed E-state index contributed by atoms with van der Waals surface area (Å²) in [5.74, 6) is 1.76. The normalized spacial score (nSPS) is 21.7. The number of anilines is 1. The number of allylic oxidation sites excluding steroid dienone is 2. The second kappa shape index (κ2) is 10.0. The number of aliphatic hydroxyl groups excluding tert-OH is 1. The fourth-order valence-corrected chi connectivity index (χ4v) is 4.34. The summed E-state index contributed by atoms with van der Waals surface area (Å²) in [6.07, 6.45) is 6.89. The van der Waals surface area contributed by atoms with E-state index < -0.39 is 6.10 Å². The lowest BCUT2D eigenvalue weighted by Gasteiger charge is -2.33. The number of aliphatic imine (C=N–C) groups is 1. The molecule has 1 aliphatic heterocycles. The van der Waals surface area contributed by atoms with Crippen LogP contribution < -0.4 is 10.1 Å². The van der Waals surface area contributed by atoms with Crippen molar-refractivity contribution in [3.05, 3.63) is 83.4 Å². The number of ether oxygens (including phenoxy) is 2. The molecule has 2 aliphatic rings. The van der Waals surface area contributed by atoms with Gasteiger partial charge in [0.2, 0.25) is 0 Å². The van der Waals surface area contributed by atoms with Crippen molar-refractivity contribution in [3.8, 4) is 5.75 Å². The first-order chi connectivity index (χ1) is 15.6. The maximum Gasteiger partial charge on any atom is 0.123 e. The van der Waals surface area contributed by atoms with Gasteiger partial charge in [0.05, 0.1) is 26.4 Å². The second-order valence-corrected chi connectivity index (χ2v) is 8.14. The number of methoxy groups -OCH3 is 2. The van der Waals surface area contributed by atoms with Gasteiger partial charge in [-0.3, -0.25) is 4.99 Å². The minimum atomic E-state index is -0.743. The van der Waals surface area contributed by atoms with Crippen LogP contribution in [0.15, 0.2) is 77.0 Å². The molecule has 6 heteroatoms. The van der Waals surface area contributed by atoms with Gasteiger partial charge in [-0.25, -0.2) is 4.39 Å². The third-order valence-electron chi connectivity index (χ3n) is 6.10. The monoisotopic (exact) mass is 436 g/mol. The Balaban J connectivity index is 1.65. The van der Waals surface area contributed by atoms with Gasteiger partial charge in [-0.2, -0.15) is 0 Å². The van der Waals surface area contributed by atoms with Crippen molar-refractivity contribution in [1.29, 1.82) is 0 Å². The van der Waals surface area contributed by atoms with Gasteiger partial charge in [0.25, 0.3) is 0 Å². The lowest BCUT2D eigenvalue weighted by Crippen LogP contribution is -2.35. The van der Waals surface area contributed by atoms with Crippen LogP contribution in [0.25, 0.3) is 0 Å². The summed E-state index contributed by atoms with van der Waals surface area (Å²) in [6, 6.07) is 13.7. The summed E-state index contributed by atoms with van der Waals surface area (Å²) in [6.45, 7) is 0. The highest BCUT2D eigenvalue weighted by molar-refractivity contribution is 5.98. The first kappa shape index (κ1) is 22.1. The van der Waals surface area contributed by atoms with E-state index in [1.165, 1.54) is 17.7 Å². The average Bonchev–Trinajstić information content (AvgIpc) is 2.85. The molecule has 1 heterocycles. The van der Waals surface area contributed by atoms with Crippen molar-refractivity contribution in [1.82, 2.24) is 0 Å². The van der Waals surface area contributed by atoms with Gasteiger partial charge in [-0.1, -0.05) is 12.1 Å². The van der Waals surface area contributed by atoms with Gasteiger partial charge in [0, 0.05) is 11.6 Å². The molecule has 1 aliphatic carbocycles. The van der Waals surface area contributed by atoms with Crippen LogP contribution in [-0.2, 0) is 4.74 Å². The van der Waals surface area contributed by atoms with Crippen LogP contribution in [0.2, 0.25) is 0 Å². The first-order valence-electron chi connectivity index (χ1n) is 10.9. The smallest absolute Gasteiger partial charge is 0.123 e. The Labute approximate surface area is 188 Å². The van der Waals surface area contributed by atoms with Gasteiger partial charge in [0.1, 0.15) is 23.2 Å². The fourth-order valence-electron chi connectivity index (χ4n) is 4.34. The summed E-state index contributed by atoms with van der Waals surface area (Å²) in [7, 11) is 3.29. The standard InChI is InChI=1S/C26H29FN2O3/c1-31-21-7-3-5-17(15-21)24-14-13-23(25(30)18-6-4-8-22(16-18)32-2)26(29-24)28-20-11-9-19(27)10-12-20/h4,6-12,15-16,23-25,30H,3,5,13-14H2,1-2H3,(H,28,29). The highest BCUT2D eigenvalue weighted by Gasteiger charge is 2.33. The molecule has 168 valence electrons. The number of aliphatic hydroxyl groups is 1. The molecule has 2 aromatic rings. The Hall–Kier alpha value is -3.12. The van der Waals surface area contributed by atoms with Crippen LogP contribution in [0.1, 0.15) is 37.4 Å². The fraction of sp³-hybridized carbons (Fsp3) is 0.346. The molecule has 0 saturated heterocycles. The van der Waals surface area contributed by atoms with Crippen LogP contribution >= 0.6 is 0 Å². The topological polar surface area (TPSA) is 63.1 Å². The molecule has 4 rings (SSSR count). The van der Waals surface area contributed by atoms with E-state index in [1.54, 1.807) is 26.4 Å². The molecule has 5 nitrogen and oxygen atoms in total. The average molecular weight is 437 g/mol. The maximum atomic E-state index is 13.4. The van der Waals surface area contributed by atoms with E-state index in [4.69, 9.17) is 14.5 Å². The lowest BCUT2D eigenvalue weighted by molar-refractivity contribution is 0.130. The number of hydrogen-bond acceptors (Lipinski definition) is 5. The first-order valence-corrected chi connectivity index (χ1v) is 10.9. The highest BCUT2D eigenvalue weighted by Crippen LogP contribution is 2.36. The van der Waals surface area contributed by atoms with Crippen LogP contribution in [0.3, 0.4) is 0 Å². The number of benzene rings is 2. The zero-order valence-electron chi connectivity index (χ0n) is 18.4. The van der Waals surface area contributed by atoms with Crippen LogP contribution in [0.5, 0.6) is 5.75 Å². The molecular formula is C26H29FN2O3. The van der Waals surface area contributed by atoms with E-state index in [9.17, 15) is 9.50 Å². The molecule has 0 bridgehead atoms. The van der Waals surface area contributed by atoms with Gasteiger partial charge >= 0.3 is 0 Å². The van der Waals surface area contributed by atoms with E-state index in [0.717, 1.165) is 42.7 Å². The van der Waals surface area contributed by atoms with Gasteiger partial charge in [-0.15, -0.1) is 0 Å². The van der Waals surface area contributed by atoms with Gasteiger partial charge in [-0.05, 0) is 85.4 Å². The zero-order valence-corrected chi connectivity index (χ0v) is 18.4. The molecule has 2 N–H and O–H groups in total.